The number of anilines is 1. The number of nitrogens with zero attached hydrogens (tertiary/aromatic N) is 1. The second-order valence-corrected chi connectivity index (χ2v) is 6.66. The molecule has 2 aromatic carbocycles. The van der Waals surface area contributed by atoms with Gasteiger partial charge in [0.15, 0.2) is 0 Å². The van der Waals surface area contributed by atoms with Gasteiger partial charge in [-0.15, -0.1) is 0 Å². The van der Waals surface area contributed by atoms with Gasteiger partial charge in [0.25, 0.3) is 11.8 Å². The molecule has 0 spiro atoms. The molecule has 0 bridgehead atoms. The first-order valence-electron chi connectivity index (χ1n) is 8.52. The summed E-state index contributed by atoms with van der Waals surface area (Å²) in [6, 6.07) is 14.7. The van der Waals surface area contributed by atoms with Gasteiger partial charge in [-0.1, -0.05) is 18.2 Å². The van der Waals surface area contributed by atoms with Gasteiger partial charge in [-0.25, -0.2) is 0 Å². The van der Waals surface area contributed by atoms with Crippen LogP contribution in [-0.2, 0) is 0 Å². The average Bonchev–Trinajstić information content (AvgIpc) is 3.00. The van der Waals surface area contributed by atoms with Gasteiger partial charge < -0.3 is 15.2 Å². The smallest absolute Gasteiger partial charge is 0.273 e. The lowest BCUT2D eigenvalue weighted by Gasteiger charge is -2.18. The molecule has 134 valence electrons. The maximum atomic E-state index is 12.6. The molecular weight excluding hydrogens is 394 g/mol. The molecule has 2 amide bonds. The van der Waals surface area contributed by atoms with Crippen molar-refractivity contribution in [3.05, 3.63) is 64.3 Å². The fourth-order valence-electron chi connectivity index (χ4n) is 2.85. The quantitative estimate of drug-likeness (QED) is 0.638. The van der Waals surface area contributed by atoms with Crippen molar-refractivity contribution in [1.29, 1.82) is 0 Å². The monoisotopic (exact) mass is 413 g/mol. The number of aromatic nitrogens is 1. The van der Waals surface area contributed by atoms with Crippen molar-refractivity contribution in [3.63, 3.8) is 0 Å². The van der Waals surface area contributed by atoms with Crippen molar-refractivity contribution in [2.45, 2.75) is 13.8 Å². The predicted octanol–water partition coefficient (Wildman–Crippen LogP) is 4.66. The maximum absolute atomic E-state index is 12.6. The van der Waals surface area contributed by atoms with Gasteiger partial charge in [-0.05, 0) is 60.1 Å². The number of nitrogens with one attached hydrogen (secondary N) is 2. The molecule has 0 saturated heterocycles. The van der Waals surface area contributed by atoms with Gasteiger partial charge in [0.05, 0.1) is 4.47 Å². The number of fused-ring (bicyclic) bond motifs is 1. The summed E-state index contributed by atoms with van der Waals surface area (Å²) in [5.41, 5.74) is 2.61. The van der Waals surface area contributed by atoms with Crippen LogP contribution in [0, 0.1) is 0 Å². The Hall–Kier alpha value is -2.60. The highest BCUT2D eigenvalue weighted by Gasteiger charge is 2.16. The van der Waals surface area contributed by atoms with Gasteiger partial charge in [-0.3, -0.25) is 9.59 Å². The van der Waals surface area contributed by atoms with E-state index in [2.05, 4.69) is 26.2 Å². The van der Waals surface area contributed by atoms with Crippen molar-refractivity contribution >= 4 is 44.3 Å². The molecule has 0 radical (unpaired) electrons. The van der Waals surface area contributed by atoms with E-state index in [0.717, 1.165) is 15.4 Å². The summed E-state index contributed by atoms with van der Waals surface area (Å²) >= 11 is 3.49. The average molecular weight is 414 g/mol. The Bertz CT molecular complexity index is 943. The molecule has 0 fully saturated rings. The molecule has 6 heteroatoms. The minimum absolute atomic E-state index is 0.00811. The predicted molar refractivity (Wildman–Crippen MR) is 108 cm³/mol. The normalized spacial score (nSPS) is 10.7. The van der Waals surface area contributed by atoms with Gasteiger partial charge in [0, 0.05) is 35.2 Å². The zero-order chi connectivity index (χ0) is 18.7. The van der Waals surface area contributed by atoms with Crippen molar-refractivity contribution in [3.8, 4) is 0 Å². The molecule has 1 aromatic heterocycles. The van der Waals surface area contributed by atoms with Crippen LogP contribution in [0.2, 0.25) is 0 Å². The van der Waals surface area contributed by atoms with Crippen LogP contribution in [0.4, 0.5) is 5.69 Å². The van der Waals surface area contributed by atoms with Crippen molar-refractivity contribution < 1.29 is 9.59 Å². The topological polar surface area (TPSA) is 65.2 Å². The zero-order valence-electron chi connectivity index (χ0n) is 14.7. The van der Waals surface area contributed by atoms with Crippen LogP contribution in [0.25, 0.3) is 10.9 Å². The third-order valence-electron chi connectivity index (χ3n) is 4.31. The van der Waals surface area contributed by atoms with E-state index in [9.17, 15) is 9.59 Å². The van der Waals surface area contributed by atoms with Crippen molar-refractivity contribution in [2.75, 3.05) is 18.4 Å². The fraction of sp³-hybridized carbons (Fsp3) is 0.200. The first-order valence-corrected chi connectivity index (χ1v) is 9.31. The molecule has 5 nitrogen and oxygen atoms in total. The standard InChI is InChI=1S/C20H20BrN3O2/c1-3-24(4-2)20(26)13-9-11-14(12-10-13)22-19(25)18-17(21)15-7-5-6-8-16(15)23-18/h5-12,23H,3-4H2,1-2H3,(H,22,25). The van der Waals surface area contributed by atoms with E-state index in [-0.39, 0.29) is 11.8 Å². The van der Waals surface area contributed by atoms with Gasteiger partial charge in [0.2, 0.25) is 0 Å². The molecule has 0 unspecified atom stereocenters. The van der Waals surface area contributed by atoms with E-state index >= 15 is 0 Å². The number of amides is 2. The van der Waals surface area contributed by atoms with Crippen LogP contribution >= 0.6 is 15.9 Å². The number of aromatic amines is 1. The van der Waals surface area contributed by atoms with Crippen molar-refractivity contribution in [2.24, 2.45) is 0 Å². The molecule has 3 rings (SSSR count). The largest absolute Gasteiger partial charge is 0.350 e. The second kappa shape index (κ2) is 7.74. The zero-order valence-corrected chi connectivity index (χ0v) is 16.3. The summed E-state index contributed by atoms with van der Waals surface area (Å²) in [5.74, 6) is -0.248. The third-order valence-corrected chi connectivity index (χ3v) is 5.13. The number of rotatable bonds is 5. The lowest BCUT2D eigenvalue weighted by atomic mass is 10.1. The van der Waals surface area contributed by atoms with Crippen molar-refractivity contribution in [1.82, 2.24) is 9.88 Å². The van der Waals surface area contributed by atoms with E-state index in [1.807, 2.05) is 38.1 Å². The Balaban J connectivity index is 1.77. The van der Waals surface area contributed by atoms with Crippen LogP contribution in [0.1, 0.15) is 34.7 Å². The maximum Gasteiger partial charge on any atom is 0.273 e. The number of carbonyl (C=O) groups is 2. The summed E-state index contributed by atoms with van der Waals surface area (Å²) in [6.45, 7) is 5.24. The molecule has 0 saturated carbocycles. The lowest BCUT2D eigenvalue weighted by molar-refractivity contribution is 0.0773. The van der Waals surface area contributed by atoms with E-state index in [0.29, 0.717) is 30.0 Å². The molecule has 0 atom stereocenters. The Labute approximate surface area is 160 Å². The van der Waals surface area contributed by atoms with Gasteiger partial charge in [-0.2, -0.15) is 0 Å². The number of H-pyrrole nitrogens is 1. The summed E-state index contributed by atoms with van der Waals surface area (Å²) in [4.78, 5) is 29.8. The molecule has 0 aliphatic heterocycles. The Kier molecular flexibility index (Phi) is 5.42. The molecule has 0 aliphatic carbocycles. The highest BCUT2D eigenvalue weighted by Crippen LogP contribution is 2.28. The Morgan fingerprint density at radius 1 is 1.04 bits per heavy atom. The molecule has 1 heterocycles. The molecule has 26 heavy (non-hydrogen) atoms. The minimum atomic E-state index is -0.240. The lowest BCUT2D eigenvalue weighted by Crippen LogP contribution is -2.30. The van der Waals surface area contributed by atoms with E-state index < -0.39 is 0 Å². The van der Waals surface area contributed by atoms with Crippen LogP contribution in [0.5, 0.6) is 0 Å². The fourth-order valence-corrected chi connectivity index (χ4v) is 3.47. The molecular formula is C20H20BrN3O2. The molecule has 3 aromatic rings. The number of para-hydroxylation sites is 1. The summed E-state index contributed by atoms with van der Waals surface area (Å²) in [5, 5.41) is 3.81. The highest BCUT2D eigenvalue weighted by atomic mass is 79.9. The number of carbonyl (C=O) groups excluding carboxylic acids is 2. The number of benzene rings is 2. The first kappa shape index (κ1) is 18.2. The number of halogens is 1. The van der Waals surface area contributed by atoms with Crippen LogP contribution in [0.3, 0.4) is 0 Å². The minimum Gasteiger partial charge on any atom is -0.350 e. The number of hydrogen-bond donors (Lipinski definition) is 2. The van der Waals surface area contributed by atoms with E-state index in [4.69, 9.17) is 0 Å². The van der Waals surface area contributed by atoms with E-state index in [1.54, 1.807) is 29.2 Å². The highest BCUT2D eigenvalue weighted by molar-refractivity contribution is 9.10. The second-order valence-electron chi connectivity index (χ2n) is 5.87. The molecule has 2 N–H and O–H groups in total. The van der Waals surface area contributed by atoms with Crippen LogP contribution in [0.15, 0.2) is 53.0 Å². The summed E-state index contributed by atoms with van der Waals surface area (Å²) in [6.07, 6.45) is 0. The van der Waals surface area contributed by atoms with E-state index in [1.165, 1.54) is 0 Å². The van der Waals surface area contributed by atoms with Crippen LogP contribution < -0.4 is 5.32 Å². The van der Waals surface area contributed by atoms with Gasteiger partial charge in [0.1, 0.15) is 5.69 Å². The summed E-state index contributed by atoms with van der Waals surface area (Å²) < 4.78 is 0.735. The van der Waals surface area contributed by atoms with Gasteiger partial charge >= 0.3 is 0 Å². The van der Waals surface area contributed by atoms with Crippen LogP contribution in [-0.4, -0.2) is 34.8 Å². The SMILES string of the molecule is CCN(CC)C(=O)c1ccc(NC(=O)c2[nH]c3ccccc3c2Br)cc1. The number of hydrogen-bond acceptors (Lipinski definition) is 2. The first-order chi connectivity index (χ1) is 12.5. The Morgan fingerprint density at radius 3 is 2.31 bits per heavy atom. The third kappa shape index (κ3) is 3.51. The Morgan fingerprint density at radius 2 is 1.69 bits per heavy atom. The molecule has 0 aliphatic rings. The summed E-state index contributed by atoms with van der Waals surface area (Å²) in [7, 11) is 0.